The number of thiophene rings is 1. The van der Waals surface area contributed by atoms with Gasteiger partial charge in [0.05, 0.1) is 10.9 Å². The number of anilines is 1. The van der Waals surface area contributed by atoms with E-state index in [1.165, 1.54) is 4.88 Å². The Hall–Kier alpha value is -1.97. The van der Waals surface area contributed by atoms with Crippen LogP contribution in [0.3, 0.4) is 0 Å². The third-order valence-corrected chi connectivity index (χ3v) is 4.33. The number of aromatic nitrogens is 3. The number of hydrogen-bond donors (Lipinski definition) is 1. The highest BCUT2D eigenvalue weighted by Crippen LogP contribution is 2.23. The van der Waals surface area contributed by atoms with Gasteiger partial charge in [-0.15, -0.1) is 22.7 Å². The maximum absolute atomic E-state index is 4.27. The number of hydrogen-bond acceptors (Lipinski definition) is 6. The number of fused-ring (bicyclic) bond motifs is 1. The van der Waals surface area contributed by atoms with Gasteiger partial charge in [0.15, 0.2) is 0 Å². The lowest BCUT2D eigenvalue weighted by atomic mass is 10.3. The molecule has 0 radical (unpaired) electrons. The van der Waals surface area contributed by atoms with E-state index in [4.69, 9.17) is 0 Å². The molecule has 0 aromatic carbocycles. The fourth-order valence-corrected chi connectivity index (χ4v) is 3.01. The third kappa shape index (κ3) is 2.79. The fraction of sp³-hybridized carbons (Fsp3) is 0.214. The van der Waals surface area contributed by atoms with Crippen molar-refractivity contribution in [1.29, 1.82) is 0 Å². The molecule has 3 rings (SSSR count). The van der Waals surface area contributed by atoms with Gasteiger partial charge >= 0.3 is 0 Å². The molecule has 4 nitrogen and oxygen atoms in total. The fourth-order valence-electron chi connectivity index (χ4n) is 1.75. The largest absolute Gasteiger partial charge is 0.368 e. The smallest absolute Gasteiger partial charge is 0.138 e. The molecular formula is C14H12N4S2. The summed E-state index contributed by atoms with van der Waals surface area (Å²) in [7, 11) is 0. The first-order valence-corrected chi connectivity index (χ1v) is 7.91. The van der Waals surface area contributed by atoms with Gasteiger partial charge in [0.2, 0.25) is 0 Å². The van der Waals surface area contributed by atoms with Gasteiger partial charge < -0.3 is 5.32 Å². The molecule has 0 aliphatic carbocycles. The predicted molar refractivity (Wildman–Crippen MR) is 84.3 cm³/mol. The molecule has 0 aliphatic heterocycles. The van der Waals surface area contributed by atoms with Crippen molar-refractivity contribution in [3.8, 4) is 11.8 Å². The molecule has 0 amide bonds. The molecule has 0 aliphatic rings. The summed E-state index contributed by atoms with van der Waals surface area (Å²) in [6, 6.07) is 2.03. The molecule has 20 heavy (non-hydrogen) atoms. The van der Waals surface area contributed by atoms with Crippen LogP contribution in [-0.2, 0) is 0 Å². The van der Waals surface area contributed by atoms with E-state index in [-0.39, 0.29) is 0 Å². The highest BCUT2D eigenvalue weighted by Gasteiger charge is 2.02. The maximum Gasteiger partial charge on any atom is 0.138 e. The van der Waals surface area contributed by atoms with E-state index >= 15 is 0 Å². The SMILES string of the molecule is Cc1scnc1C#CCCNc1ncnc2sccc12. The van der Waals surface area contributed by atoms with Gasteiger partial charge in [-0.1, -0.05) is 5.92 Å². The Morgan fingerprint density at radius 3 is 3.05 bits per heavy atom. The van der Waals surface area contributed by atoms with Crippen LogP contribution in [0.1, 0.15) is 17.0 Å². The summed E-state index contributed by atoms with van der Waals surface area (Å²) in [4.78, 5) is 14.9. The Kier molecular flexibility index (Phi) is 3.90. The van der Waals surface area contributed by atoms with Crippen LogP contribution in [0.2, 0.25) is 0 Å². The van der Waals surface area contributed by atoms with E-state index in [0.29, 0.717) is 0 Å². The average molecular weight is 300 g/mol. The minimum absolute atomic E-state index is 0.757. The maximum atomic E-state index is 4.27. The van der Waals surface area contributed by atoms with Gasteiger partial charge in [-0.2, -0.15) is 0 Å². The number of rotatable bonds is 3. The molecule has 3 aromatic rings. The molecule has 3 heterocycles. The second-order valence-corrected chi connectivity index (χ2v) is 6.05. The lowest BCUT2D eigenvalue weighted by Crippen LogP contribution is -2.02. The number of thiazole rings is 1. The molecule has 6 heteroatoms. The second kappa shape index (κ2) is 5.99. The number of aryl methyl sites for hydroxylation is 1. The lowest BCUT2D eigenvalue weighted by molar-refractivity contribution is 1.07. The predicted octanol–water partition coefficient (Wildman–Crippen LogP) is 3.31. The highest BCUT2D eigenvalue weighted by atomic mass is 32.1. The summed E-state index contributed by atoms with van der Waals surface area (Å²) < 4.78 is 0. The first kappa shape index (κ1) is 13.0. The van der Waals surface area contributed by atoms with Gasteiger partial charge in [-0.05, 0) is 24.3 Å². The minimum atomic E-state index is 0.757. The third-order valence-electron chi connectivity index (χ3n) is 2.76. The van der Waals surface area contributed by atoms with Gasteiger partial charge in [0.1, 0.15) is 22.7 Å². The number of nitrogens with zero attached hydrogens (tertiary/aromatic N) is 3. The van der Waals surface area contributed by atoms with E-state index < -0.39 is 0 Å². The summed E-state index contributed by atoms with van der Waals surface area (Å²) in [6.07, 6.45) is 2.35. The topological polar surface area (TPSA) is 50.7 Å². The molecule has 3 aromatic heterocycles. The summed E-state index contributed by atoms with van der Waals surface area (Å²) >= 11 is 3.24. The number of nitrogens with one attached hydrogen (secondary N) is 1. The van der Waals surface area contributed by atoms with Crippen molar-refractivity contribution in [3.05, 3.63) is 33.9 Å². The first-order chi connectivity index (χ1) is 9.84. The molecule has 0 atom stereocenters. The summed E-state index contributed by atoms with van der Waals surface area (Å²) in [5.74, 6) is 7.10. The summed E-state index contributed by atoms with van der Waals surface area (Å²) in [5.41, 5.74) is 2.71. The van der Waals surface area contributed by atoms with Crippen molar-refractivity contribution in [1.82, 2.24) is 15.0 Å². The molecule has 0 saturated heterocycles. The van der Waals surface area contributed by atoms with Gasteiger partial charge in [-0.3, -0.25) is 0 Å². The van der Waals surface area contributed by atoms with E-state index in [1.807, 2.05) is 23.9 Å². The Labute approximate surface area is 124 Å². The van der Waals surface area contributed by atoms with Crippen LogP contribution in [0.5, 0.6) is 0 Å². The molecular weight excluding hydrogens is 288 g/mol. The van der Waals surface area contributed by atoms with Gasteiger partial charge in [0, 0.05) is 17.8 Å². The van der Waals surface area contributed by atoms with E-state index in [2.05, 4.69) is 32.1 Å². The Balaban J connectivity index is 1.60. The Morgan fingerprint density at radius 1 is 1.25 bits per heavy atom. The zero-order chi connectivity index (χ0) is 13.8. The van der Waals surface area contributed by atoms with Crippen LogP contribution < -0.4 is 5.32 Å². The summed E-state index contributed by atoms with van der Waals surface area (Å²) in [5, 5.41) is 6.40. The molecule has 0 saturated carbocycles. The molecule has 0 spiro atoms. The standard InChI is InChI=1S/C14H12N4S2/c1-10-12(18-9-20-10)4-2-3-6-15-13-11-5-7-19-14(11)17-8-16-13/h5,7-9H,3,6H2,1H3,(H,15,16,17). The molecule has 0 fully saturated rings. The average Bonchev–Trinajstić information content (AvgIpc) is 3.08. The molecule has 1 N–H and O–H groups in total. The quantitative estimate of drug-likeness (QED) is 0.595. The van der Waals surface area contributed by atoms with Crippen LogP contribution in [0.15, 0.2) is 23.3 Å². The van der Waals surface area contributed by atoms with Crippen LogP contribution in [-0.4, -0.2) is 21.5 Å². The molecule has 100 valence electrons. The normalized spacial score (nSPS) is 10.2. The summed E-state index contributed by atoms with van der Waals surface area (Å²) in [6.45, 7) is 2.80. The Bertz CT molecular complexity index is 779. The van der Waals surface area contributed by atoms with Crippen LogP contribution in [0.4, 0.5) is 5.82 Å². The minimum Gasteiger partial charge on any atom is -0.368 e. The monoisotopic (exact) mass is 300 g/mol. The Morgan fingerprint density at radius 2 is 2.20 bits per heavy atom. The zero-order valence-corrected chi connectivity index (χ0v) is 12.5. The lowest BCUT2D eigenvalue weighted by Gasteiger charge is -2.03. The van der Waals surface area contributed by atoms with Crippen molar-refractivity contribution in [3.63, 3.8) is 0 Å². The first-order valence-electron chi connectivity index (χ1n) is 6.15. The van der Waals surface area contributed by atoms with Crippen LogP contribution in [0.25, 0.3) is 10.2 Å². The van der Waals surface area contributed by atoms with Crippen LogP contribution >= 0.6 is 22.7 Å². The van der Waals surface area contributed by atoms with E-state index in [0.717, 1.165) is 34.7 Å². The van der Waals surface area contributed by atoms with Crippen molar-refractivity contribution < 1.29 is 0 Å². The van der Waals surface area contributed by atoms with Crippen molar-refractivity contribution >= 4 is 38.7 Å². The highest BCUT2D eigenvalue weighted by molar-refractivity contribution is 7.16. The van der Waals surface area contributed by atoms with E-state index in [1.54, 1.807) is 29.0 Å². The zero-order valence-electron chi connectivity index (χ0n) is 10.9. The van der Waals surface area contributed by atoms with Crippen LogP contribution in [0, 0.1) is 18.8 Å². The van der Waals surface area contributed by atoms with Gasteiger partial charge in [-0.25, -0.2) is 15.0 Å². The van der Waals surface area contributed by atoms with Gasteiger partial charge in [0.25, 0.3) is 0 Å². The molecule has 0 bridgehead atoms. The second-order valence-electron chi connectivity index (χ2n) is 4.10. The van der Waals surface area contributed by atoms with Crippen molar-refractivity contribution in [2.45, 2.75) is 13.3 Å². The van der Waals surface area contributed by atoms with Crippen molar-refractivity contribution in [2.75, 3.05) is 11.9 Å². The van der Waals surface area contributed by atoms with E-state index in [9.17, 15) is 0 Å². The van der Waals surface area contributed by atoms with Crippen molar-refractivity contribution in [2.24, 2.45) is 0 Å². The molecule has 0 unspecified atom stereocenters.